The molecule has 1 heterocycles. The van der Waals surface area contributed by atoms with E-state index in [-0.39, 0.29) is 0 Å². The van der Waals surface area contributed by atoms with Gasteiger partial charge < -0.3 is 5.32 Å². The summed E-state index contributed by atoms with van der Waals surface area (Å²) in [6.45, 7) is 4.57. The smallest absolute Gasteiger partial charge is 0.0570 e. The SMILES string of the molecule is CC1CCCC(N[C@H](C)c2ccccn2)C1. The molecule has 1 N–H and O–H groups in total. The Labute approximate surface area is 98.5 Å². The van der Waals surface area contributed by atoms with Crippen LogP contribution in [-0.4, -0.2) is 11.0 Å². The number of aromatic nitrogens is 1. The first-order valence-corrected chi connectivity index (χ1v) is 6.42. The summed E-state index contributed by atoms with van der Waals surface area (Å²) in [7, 11) is 0. The molecule has 1 saturated carbocycles. The average molecular weight is 218 g/mol. The zero-order chi connectivity index (χ0) is 11.4. The van der Waals surface area contributed by atoms with Gasteiger partial charge in [-0.1, -0.05) is 25.8 Å². The predicted molar refractivity (Wildman–Crippen MR) is 67.2 cm³/mol. The molecule has 1 fully saturated rings. The van der Waals surface area contributed by atoms with E-state index in [9.17, 15) is 0 Å². The van der Waals surface area contributed by atoms with Gasteiger partial charge in [-0.2, -0.15) is 0 Å². The summed E-state index contributed by atoms with van der Waals surface area (Å²) in [6, 6.07) is 7.18. The Balaban J connectivity index is 1.89. The molecule has 1 aliphatic carbocycles. The van der Waals surface area contributed by atoms with Crippen LogP contribution in [0.15, 0.2) is 24.4 Å². The first-order valence-electron chi connectivity index (χ1n) is 6.42. The van der Waals surface area contributed by atoms with Crippen LogP contribution in [-0.2, 0) is 0 Å². The topological polar surface area (TPSA) is 24.9 Å². The van der Waals surface area contributed by atoms with Crippen LogP contribution < -0.4 is 5.32 Å². The highest BCUT2D eigenvalue weighted by Gasteiger charge is 2.20. The Morgan fingerprint density at radius 3 is 2.94 bits per heavy atom. The van der Waals surface area contributed by atoms with E-state index in [0.717, 1.165) is 11.6 Å². The van der Waals surface area contributed by atoms with Crippen LogP contribution in [0.4, 0.5) is 0 Å². The summed E-state index contributed by atoms with van der Waals surface area (Å²) >= 11 is 0. The molecule has 0 aromatic carbocycles. The van der Waals surface area contributed by atoms with Gasteiger partial charge in [-0.3, -0.25) is 4.98 Å². The fraction of sp³-hybridized carbons (Fsp3) is 0.643. The molecule has 2 unspecified atom stereocenters. The Morgan fingerprint density at radius 1 is 1.38 bits per heavy atom. The normalized spacial score (nSPS) is 27.6. The van der Waals surface area contributed by atoms with Gasteiger partial charge in [0.25, 0.3) is 0 Å². The Kier molecular flexibility index (Phi) is 3.94. The molecular weight excluding hydrogens is 196 g/mol. The molecule has 0 aliphatic heterocycles. The van der Waals surface area contributed by atoms with Crippen LogP contribution in [0.2, 0.25) is 0 Å². The van der Waals surface area contributed by atoms with E-state index in [1.165, 1.54) is 25.7 Å². The van der Waals surface area contributed by atoms with Crippen molar-refractivity contribution in [2.45, 2.75) is 51.6 Å². The van der Waals surface area contributed by atoms with Crippen molar-refractivity contribution in [2.75, 3.05) is 0 Å². The third-order valence-electron chi connectivity index (χ3n) is 3.55. The molecular formula is C14H22N2. The van der Waals surface area contributed by atoms with Crippen molar-refractivity contribution in [3.8, 4) is 0 Å². The summed E-state index contributed by atoms with van der Waals surface area (Å²) in [4.78, 5) is 4.40. The zero-order valence-corrected chi connectivity index (χ0v) is 10.3. The molecule has 16 heavy (non-hydrogen) atoms. The van der Waals surface area contributed by atoms with Gasteiger partial charge in [0.2, 0.25) is 0 Å². The van der Waals surface area contributed by atoms with Gasteiger partial charge in [0.1, 0.15) is 0 Å². The van der Waals surface area contributed by atoms with E-state index in [2.05, 4.69) is 36.3 Å². The van der Waals surface area contributed by atoms with Gasteiger partial charge in [-0.15, -0.1) is 0 Å². The lowest BCUT2D eigenvalue weighted by molar-refractivity contribution is 0.284. The van der Waals surface area contributed by atoms with Crippen molar-refractivity contribution in [2.24, 2.45) is 5.92 Å². The standard InChI is InChI=1S/C14H22N2/c1-11-6-5-7-13(10-11)16-12(2)14-8-3-4-9-15-14/h3-4,8-9,11-13,16H,5-7,10H2,1-2H3/t11?,12-,13?/m1/s1. The second kappa shape index (κ2) is 5.44. The van der Waals surface area contributed by atoms with Crippen molar-refractivity contribution < 1.29 is 0 Å². The Bertz CT molecular complexity index is 310. The fourth-order valence-electron chi connectivity index (χ4n) is 2.66. The van der Waals surface area contributed by atoms with E-state index < -0.39 is 0 Å². The summed E-state index contributed by atoms with van der Waals surface area (Å²) < 4.78 is 0. The van der Waals surface area contributed by atoms with Crippen LogP contribution in [0.3, 0.4) is 0 Å². The highest BCUT2D eigenvalue weighted by molar-refractivity contribution is 5.07. The maximum absolute atomic E-state index is 4.40. The number of rotatable bonds is 3. The van der Waals surface area contributed by atoms with E-state index >= 15 is 0 Å². The van der Waals surface area contributed by atoms with E-state index in [1.54, 1.807) is 0 Å². The molecule has 0 radical (unpaired) electrons. The fourth-order valence-corrected chi connectivity index (χ4v) is 2.66. The van der Waals surface area contributed by atoms with E-state index in [0.29, 0.717) is 12.1 Å². The minimum absolute atomic E-state index is 0.372. The second-order valence-electron chi connectivity index (χ2n) is 5.11. The highest BCUT2D eigenvalue weighted by atomic mass is 15.0. The zero-order valence-electron chi connectivity index (χ0n) is 10.3. The molecule has 0 amide bonds. The lowest BCUT2D eigenvalue weighted by Gasteiger charge is -2.30. The summed E-state index contributed by atoms with van der Waals surface area (Å²) in [5.74, 6) is 0.877. The molecule has 2 rings (SSSR count). The van der Waals surface area contributed by atoms with Gasteiger partial charge in [-0.05, 0) is 37.8 Å². The molecule has 2 heteroatoms. The highest BCUT2D eigenvalue weighted by Crippen LogP contribution is 2.25. The second-order valence-corrected chi connectivity index (χ2v) is 5.11. The largest absolute Gasteiger partial charge is 0.306 e. The molecule has 0 spiro atoms. The Hall–Kier alpha value is -0.890. The molecule has 0 bridgehead atoms. The van der Waals surface area contributed by atoms with Crippen LogP contribution in [0.5, 0.6) is 0 Å². The first-order chi connectivity index (χ1) is 7.75. The van der Waals surface area contributed by atoms with Crippen molar-refractivity contribution >= 4 is 0 Å². The van der Waals surface area contributed by atoms with Gasteiger partial charge >= 0.3 is 0 Å². The molecule has 0 saturated heterocycles. The molecule has 2 nitrogen and oxygen atoms in total. The number of pyridine rings is 1. The molecule has 88 valence electrons. The van der Waals surface area contributed by atoms with Crippen molar-refractivity contribution in [3.05, 3.63) is 30.1 Å². The minimum Gasteiger partial charge on any atom is -0.306 e. The number of nitrogens with zero attached hydrogens (tertiary/aromatic N) is 1. The molecule has 3 atom stereocenters. The average Bonchev–Trinajstić information content (AvgIpc) is 2.30. The maximum atomic E-state index is 4.40. The number of hydrogen-bond donors (Lipinski definition) is 1. The number of nitrogens with one attached hydrogen (secondary N) is 1. The minimum atomic E-state index is 0.372. The molecule has 1 aromatic rings. The number of hydrogen-bond acceptors (Lipinski definition) is 2. The lowest BCUT2D eigenvalue weighted by atomic mass is 9.86. The van der Waals surface area contributed by atoms with E-state index in [4.69, 9.17) is 0 Å². The van der Waals surface area contributed by atoms with E-state index in [1.807, 2.05) is 12.3 Å². The van der Waals surface area contributed by atoms with Crippen molar-refractivity contribution in [1.82, 2.24) is 10.3 Å². The lowest BCUT2D eigenvalue weighted by Crippen LogP contribution is -2.35. The maximum Gasteiger partial charge on any atom is 0.0570 e. The Morgan fingerprint density at radius 2 is 2.25 bits per heavy atom. The van der Waals surface area contributed by atoms with Gasteiger partial charge in [0, 0.05) is 18.3 Å². The monoisotopic (exact) mass is 218 g/mol. The quantitative estimate of drug-likeness (QED) is 0.842. The van der Waals surface area contributed by atoms with Gasteiger partial charge in [0.05, 0.1) is 5.69 Å². The predicted octanol–water partition coefficient (Wildman–Crippen LogP) is 3.31. The summed E-state index contributed by atoms with van der Waals surface area (Å²) in [6.07, 6.45) is 7.28. The first kappa shape index (κ1) is 11.6. The third kappa shape index (κ3) is 3.05. The van der Waals surface area contributed by atoms with Gasteiger partial charge in [-0.25, -0.2) is 0 Å². The summed E-state index contributed by atoms with van der Waals surface area (Å²) in [5.41, 5.74) is 1.15. The van der Waals surface area contributed by atoms with Crippen molar-refractivity contribution in [1.29, 1.82) is 0 Å². The molecule has 1 aliphatic rings. The van der Waals surface area contributed by atoms with Crippen LogP contribution in [0, 0.1) is 5.92 Å². The van der Waals surface area contributed by atoms with Crippen LogP contribution >= 0.6 is 0 Å². The van der Waals surface area contributed by atoms with Crippen LogP contribution in [0.1, 0.15) is 51.3 Å². The van der Waals surface area contributed by atoms with Crippen molar-refractivity contribution in [3.63, 3.8) is 0 Å². The summed E-state index contributed by atoms with van der Waals surface area (Å²) in [5, 5.41) is 3.70. The third-order valence-corrected chi connectivity index (χ3v) is 3.55. The molecule has 1 aromatic heterocycles. The van der Waals surface area contributed by atoms with Gasteiger partial charge in [0.15, 0.2) is 0 Å². The van der Waals surface area contributed by atoms with Crippen LogP contribution in [0.25, 0.3) is 0 Å².